The van der Waals surface area contributed by atoms with Gasteiger partial charge in [0, 0.05) is 22.1 Å². The van der Waals surface area contributed by atoms with Crippen molar-refractivity contribution in [1.29, 1.82) is 0 Å². The van der Waals surface area contributed by atoms with Crippen LogP contribution in [-0.2, 0) is 6.42 Å². The van der Waals surface area contributed by atoms with Crippen molar-refractivity contribution in [3.05, 3.63) is 33.8 Å². The minimum absolute atomic E-state index is 0.509. The number of halogens is 2. The lowest BCUT2D eigenvalue weighted by Crippen LogP contribution is -2.34. The minimum Gasteiger partial charge on any atom is -0.311 e. The molecule has 0 spiro atoms. The second-order valence-electron chi connectivity index (χ2n) is 5.11. The number of hydrogen-bond donors (Lipinski definition) is 1. The molecule has 2 rings (SSSR count). The number of rotatable bonds is 5. The summed E-state index contributed by atoms with van der Waals surface area (Å²) in [6.45, 7) is 4.49. The molecule has 2 unspecified atom stereocenters. The SMILES string of the molecule is CC(Cc1c(Cl)cccc1Cl)C(C)NC1CC1. The zero-order chi connectivity index (χ0) is 12.4. The van der Waals surface area contributed by atoms with Crippen molar-refractivity contribution in [2.24, 2.45) is 5.92 Å². The fourth-order valence-corrected chi connectivity index (χ4v) is 2.56. The Hall–Kier alpha value is -0.240. The number of benzene rings is 1. The van der Waals surface area contributed by atoms with Gasteiger partial charge in [-0.3, -0.25) is 0 Å². The standard InChI is InChI=1S/C14H19Cl2N/c1-9(10(2)17-11-6-7-11)8-12-13(15)4-3-5-14(12)16/h3-5,9-11,17H,6-8H2,1-2H3. The van der Waals surface area contributed by atoms with Crippen LogP contribution in [0.5, 0.6) is 0 Å². The van der Waals surface area contributed by atoms with Gasteiger partial charge in [0.05, 0.1) is 0 Å². The van der Waals surface area contributed by atoms with Crippen LogP contribution in [0.25, 0.3) is 0 Å². The Morgan fingerprint density at radius 3 is 2.35 bits per heavy atom. The third-order valence-electron chi connectivity index (χ3n) is 3.52. The fraction of sp³-hybridized carbons (Fsp3) is 0.571. The third kappa shape index (κ3) is 3.61. The molecule has 1 aromatic rings. The highest BCUT2D eigenvalue weighted by atomic mass is 35.5. The van der Waals surface area contributed by atoms with E-state index in [4.69, 9.17) is 23.2 Å². The van der Waals surface area contributed by atoms with Crippen LogP contribution < -0.4 is 5.32 Å². The van der Waals surface area contributed by atoms with Crippen LogP contribution in [0.1, 0.15) is 32.3 Å². The van der Waals surface area contributed by atoms with Crippen LogP contribution in [0.3, 0.4) is 0 Å². The van der Waals surface area contributed by atoms with Gasteiger partial charge in [0.25, 0.3) is 0 Å². The lowest BCUT2D eigenvalue weighted by molar-refractivity contribution is 0.396. The fourth-order valence-electron chi connectivity index (χ4n) is 2.01. The molecule has 17 heavy (non-hydrogen) atoms. The van der Waals surface area contributed by atoms with Crippen LogP contribution in [0.2, 0.25) is 10.0 Å². The topological polar surface area (TPSA) is 12.0 Å². The van der Waals surface area contributed by atoms with E-state index in [2.05, 4.69) is 19.2 Å². The highest BCUT2D eigenvalue weighted by Gasteiger charge is 2.25. The first-order valence-corrected chi connectivity index (χ1v) is 7.02. The van der Waals surface area contributed by atoms with E-state index in [1.54, 1.807) is 0 Å². The molecule has 0 radical (unpaired) electrons. The Bertz CT molecular complexity index is 368. The van der Waals surface area contributed by atoms with E-state index in [1.807, 2.05) is 18.2 Å². The van der Waals surface area contributed by atoms with Crippen LogP contribution >= 0.6 is 23.2 Å². The van der Waals surface area contributed by atoms with Crippen LogP contribution in [0.15, 0.2) is 18.2 Å². The van der Waals surface area contributed by atoms with Gasteiger partial charge in [-0.05, 0) is 49.8 Å². The summed E-state index contributed by atoms with van der Waals surface area (Å²) in [4.78, 5) is 0. The highest BCUT2D eigenvalue weighted by molar-refractivity contribution is 6.35. The summed E-state index contributed by atoms with van der Waals surface area (Å²) in [5.74, 6) is 0.535. The predicted molar refractivity (Wildman–Crippen MR) is 74.9 cm³/mol. The van der Waals surface area contributed by atoms with E-state index in [-0.39, 0.29) is 0 Å². The molecule has 2 atom stereocenters. The molecular formula is C14H19Cl2N. The van der Waals surface area contributed by atoms with Crippen molar-refractivity contribution in [1.82, 2.24) is 5.32 Å². The van der Waals surface area contributed by atoms with Crippen LogP contribution in [0, 0.1) is 5.92 Å². The first-order chi connectivity index (χ1) is 8.08. The average molecular weight is 272 g/mol. The van der Waals surface area contributed by atoms with E-state index in [0.717, 1.165) is 28.1 Å². The third-order valence-corrected chi connectivity index (χ3v) is 4.23. The summed E-state index contributed by atoms with van der Waals surface area (Å²) in [7, 11) is 0. The van der Waals surface area contributed by atoms with Crippen LogP contribution in [-0.4, -0.2) is 12.1 Å². The molecule has 1 aliphatic carbocycles. The summed E-state index contributed by atoms with van der Waals surface area (Å²) in [6.07, 6.45) is 3.58. The molecule has 1 aliphatic rings. The minimum atomic E-state index is 0.509. The van der Waals surface area contributed by atoms with E-state index < -0.39 is 0 Å². The average Bonchev–Trinajstić information content (AvgIpc) is 3.07. The van der Waals surface area contributed by atoms with Crippen molar-refractivity contribution in [3.8, 4) is 0 Å². The van der Waals surface area contributed by atoms with Gasteiger partial charge in [0.1, 0.15) is 0 Å². The van der Waals surface area contributed by atoms with Crippen molar-refractivity contribution >= 4 is 23.2 Å². The Kier molecular flexibility index (Phi) is 4.35. The zero-order valence-electron chi connectivity index (χ0n) is 10.3. The van der Waals surface area contributed by atoms with Gasteiger partial charge in [0.2, 0.25) is 0 Å². The summed E-state index contributed by atoms with van der Waals surface area (Å²) in [5.41, 5.74) is 1.08. The Morgan fingerprint density at radius 1 is 1.24 bits per heavy atom. The van der Waals surface area contributed by atoms with Gasteiger partial charge in [-0.25, -0.2) is 0 Å². The van der Waals surface area contributed by atoms with Crippen molar-refractivity contribution in [2.75, 3.05) is 0 Å². The predicted octanol–water partition coefficient (Wildman–Crippen LogP) is 4.31. The summed E-state index contributed by atoms with van der Waals surface area (Å²) >= 11 is 12.4. The molecule has 0 aliphatic heterocycles. The molecule has 0 saturated heterocycles. The Morgan fingerprint density at radius 2 is 1.82 bits per heavy atom. The van der Waals surface area contributed by atoms with Gasteiger partial charge in [0.15, 0.2) is 0 Å². The van der Waals surface area contributed by atoms with E-state index in [1.165, 1.54) is 12.8 Å². The maximum Gasteiger partial charge on any atom is 0.0452 e. The summed E-state index contributed by atoms with van der Waals surface area (Å²) < 4.78 is 0. The van der Waals surface area contributed by atoms with Gasteiger partial charge in [-0.1, -0.05) is 36.2 Å². The first kappa shape index (κ1) is 13.2. The maximum absolute atomic E-state index is 6.19. The summed E-state index contributed by atoms with van der Waals surface area (Å²) in [6, 6.07) is 6.97. The molecule has 0 heterocycles. The van der Waals surface area contributed by atoms with Crippen molar-refractivity contribution < 1.29 is 0 Å². The molecule has 3 heteroatoms. The normalized spacial score (nSPS) is 19.1. The molecule has 1 aromatic carbocycles. The maximum atomic E-state index is 6.19. The molecular weight excluding hydrogens is 253 g/mol. The molecule has 1 N–H and O–H groups in total. The van der Waals surface area contributed by atoms with E-state index >= 15 is 0 Å². The quantitative estimate of drug-likeness (QED) is 0.842. The van der Waals surface area contributed by atoms with E-state index in [0.29, 0.717) is 12.0 Å². The van der Waals surface area contributed by atoms with E-state index in [9.17, 15) is 0 Å². The molecule has 0 aromatic heterocycles. The molecule has 94 valence electrons. The van der Waals surface area contributed by atoms with Gasteiger partial charge in [-0.2, -0.15) is 0 Å². The largest absolute Gasteiger partial charge is 0.311 e. The van der Waals surface area contributed by atoms with Gasteiger partial charge < -0.3 is 5.32 Å². The first-order valence-electron chi connectivity index (χ1n) is 6.27. The second kappa shape index (κ2) is 5.60. The van der Waals surface area contributed by atoms with Crippen LogP contribution in [0.4, 0.5) is 0 Å². The lowest BCUT2D eigenvalue weighted by atomic mass is 9.95. The lowest BCUT2D eigenvalue weighted by Gasteiger charge is -2.22. The van der Waals surface area contributed by atoms with Gasteiger partial charge in [-0.15, -0.1) is 0 Å². The summed E-state index contributed by atoms with van der Waals surface area (Å²) in [5, 5.41) is 5.19. The molecule has 0 bridgehead atoms. The van der Waals surface area contributed by atoms with Crippen molar-refractivity contribution in [3.63, 3.8) is 0 Å². The van der Waals surface area contributed by atoms with Crippen molar-refractivity contribution in [2.45, 2.75) is 45.2 Å². The highest BCUT2D eigenvalue weighted by Crippen LogP contribution is 2.28. The Balaban J connectivity index is 1.98. The molecule has 1 fully saturated rings. The number of hydrogen-bond acceptors (Lipinski definition) is 1. The van der Waals surface area contributed by atoms with Gasteiger partial charge >= 0.3 is 0 Å². The second-order valence-corrected chi connectivity index (χ2v) is 5.93. The Labute approximate surface area is 114 Å². The molecule has 1 nitrogen and oxygen atoms in total. The monoisotopic (exact) mass is 271 g/mol. The molecule has 1 saturated carbocycles. The zero-order valence-corrected chi connectivity index (χ0v) is 11.9. The number of nitrogens with one attached hydrogen (secondary N) is 1. The smallest absolute Gasteiger partial charge is 0.0452 e. The molecule has 0 amide bonds.